The maximum absolute atomic E-state index is 13.9. The first-order chi connectivity index (χ1) is 19.2. The number of methoxy groups -OCH3 is 1. The Morgan fingerprint density at radius 2 is 1.52 bits per heavy atom. The number of nitrogens with zero attached hydrogens (tertiary/aromatic N) is 2. The van der Waals surface area contributed by atoms with E-state index >= 15 is 0 Å². The van der Waals surface area contributed by atoms with Gasteiger partial charge in [0.25, 0.3) is 10.0 Å². The van der Waals surface area contributed by atoms with Crippen molar-refractivity contribution in [1.82, 2.24) is 10.2 Å². The SMILES string of the molecule is CCCNC(=O)C(C)N(Cc1ccc(OC)cc1)C(=O)CN(c1ccc(OCC)cc1)S(=O)(=O)c1ccccc1. The molecule has 0 fully saturated rings. The molecule has 9 nitrogen and oxygen atoms in total. The number of amides is 2. The van der Waals surface area contributed by atoms with E-state index in [9.17, 15) is 18.0 Å². The summed E-state index contributed by atoms with van der Waals surface area (Å²) in [7, 11) is -2.56. The van der Waals surface area contributed by atoms with Crippen molar-refractivity contribution in [3.63, 3.8) is 0 Å². The first-order valence-electron chi connectivity index (χ1n) is 13.2. The minimum atomic E-state index is -4.12. The molecule has 0 aliphatic carbocycles. The Labute approximate surface area is 236 Å². The fourth-order valence-electron chi connectivity index (χ4n) is 4.03. The van der Waals surface area contributed by atoms with Gasteiger partial charge in [0.05, 0.1) is 24.3 Å². The number of carbonyl (C=O) groups excluding carboxylic acids is 2. The van der Waals surface area contributed by atoms with Crippen molar-refractivity contribution in [2.24, 2.45) is 0 Å². The van der Waals surface area contributed by atoms with E-state index in [2.05, 4.69) is 5.32 Å². The standard InChI is InChI=1S/C30H37N3O6S/c1-5-20-31-30(35)23(3)32(21-24-12-16-26(38-4)17-13-24)29(34)22-33(25-14-18-27(19-15-25)39-6-2)40(36,37)28-10-8-7-9-11-28/h7-19,23H,5-6,20-22H2,1-4H3,(H,31,35). The van der Waals surface area contributed by atoms with Crippen LogP contribution in [0, 0.1) is 0 Å². The number of rotatable bonds is 14. The summed E-state index contributed by atoms with van der Waals surface area (Å²) >= 11 is 0. The lowest BCUT2D eigenvalue weighted by atomic mass is 10.1. The van der Waals surface area contributed by atoms with Crippen LogP contribution in [0.15, 0.2) is 83.8 Å². The Hall–Kier alpha value is -4.05. The third-order valence-electron chi connectivity index (χ3n) is 6.27. The van der Waals surface area contributed by atoms with Crippen LogP contribution in [0.4, 0.5) is 5.69 Å². The predicted molar refractivity (Wildman–Crippen MR) is 155 cm³/mol. The highest BCUT2D eigenvalue weighted by molar-refractivity contribution is 7.92. The Morgan fingerprint density at radius 1 is 0.900 bits per heavy atom. The van der Waals surface area contributed by atoms with Gasteiger partial charge in [-0.05, 0) is 74.4 Å². The summed E-state index contributed by atoms with van der Waals surface area (Å²) < 4.78 is 39.4. The molecule has 1 unspecified atom stereocenters. The molecule has 0 aliphatic heterocycles. The third kappa shape index (κ3) is 7.75. The number of benzene rings is 3. The molecule has 0 saturated carbocycles. The highest BCUT2D eigenvalue weighted by Crippen LogP contribution is 2.26. The highest BCUT2D eigenvalue weighted by Gasteiger charge is 2.32. The van der Waals surface area contributed by atoms with Gasteiger partial charge in [0.1, 0.15) is 24.1 Å². The third-order valence-corrected chi connectivity index (χ3v) is 8.06. The van der Waals surface area contributed by atoms with E-state index in [1.807, 2.05) is 13.8 Å². The summed E-state index contributed by atoms with van der Waals surface area (Å²) in [6.45, 7) is 5.96. The Kier molecular flexibility index (Phi) is 11.0. The summed E-state index contributed by atoms with van der Waals surface area (Å²) in [6, 6.07) is 20.8. The molecule has 2 amide bonds. The summed E-state index contributed by atoms with van der Waals surface area (Å²) in [5, 5.41) is 2.83. The van der Waals surface area contributed by atoms with Crippen molar-refractivity contribution < 1.29 is 27.5 Å². The number of hydrogen-bond acceptors (Lipinski definition) is 6. The van der Waals surface area contributed by atoms with Crippen molar-refractivity contribution in [1.29, 1.82) is 0 Å². The van der Waals surface area contributed by atoms with Crippen molar-refractivity contribution in [3.05, 3.63) is 84.4 Å². The Bertz CT molecular complexity index is 1350. The van der Waals surface area contributed by atoms with E-state index in [1.54, 1.807) is 80.8 Å². The molecule has 0 aliphatic rings. The molecule has 0 bridgehead atoms. The number of nitrogens with one attached hydrogen (secondary N) is 1. The molecule has 3 aromatic rings. The molecule has 0 radical (unpaired) electrons. The molecular weight excluding hydrogens is 530 g/mol. The average molecular weight is 568 g/mol. The maximum atomic E-state index is 13.9. The summed E-state index contributed by atoms with van der Waals surface area (Å²) in [6.07, 6.45) is 0.742. The number of ether oxygens (including phenoxy) is 2. The molecule has 3 aromatic carbocycles. The van der Waals surface area contributed by atoms with Gasteiger partial charge in [0.15, 0.2) is 0 Å². The topological polar surface area (TPSA) is 105 Å². The quantitative estimate of drug-likeness (QED) is 0.313. The normalized spacial score (nSPS) is 11.8. The molecule has 1 N–H and O–H groups in total. The Balaban J connectivity index is 1.99. The average Bonchev–Trinajstić information content (AvgIpc) is 2.98. The van der Waals surface area contributed by atoms with E-state index in [0.29, 0.717) is 30.3 Å². The molecule has 0 saturated heterocycles. The number of sulfonamides is 1. The minimum absolute atomic E-state index is 0.0483. The van der Waals surface area contributed by atoms with Crippen LogP contribution in [0.5, 0.6) is 11.5 Å². The molecular formula is C30H37N3O6S. The van der Waals surface area contributed by atoms with Crippen LogP contribution in [-0.2, 0) is 26.2 Å². The predicted octanol–water partition coefficient (Wildman–Crippen LogP) is 4.23. The largest absolute Gasteiger partial charge is 0.497 e. The lowest BCUT2D eigenvalue weighted by Crippen LogP contribution is -2.51. The van der Waals surface area contributed by atoms with Gasteiger partial charge in [0.2, 0.25) is 11.8 Å². The zero-order valence-electron chi connectivity index (χ0n) is 23.4. The van der Waals surface area contributed by atoms with Gasteiger partial charge in [-0.2, -0.15) is 0 Å². The van der Waals surface area contributed by atoms with E-state index < -0.39 is 28.5 Å². The maximum Gasteiger partial charge on any atom is 0.264 e. The van der Waals surface area contributed by atoms with Crippen molar-refractivity contribution >= 4 is 27.5 Å². The summed E-state index contributed by atoms with van der Waals surface area (Å²) in [4.78, 5) is 28.3. The second-order valence-electron chi connectivity index (χ2n) is 9.09. The molecule has 40 heavy (non-hydrogen) atoms. The van der Waals surface area contributed by atoms with Crippen LogP contribution in [0.1, 0.15) is 32.8 Å². The van der Waals surface area contributed by atoms with E-state index in [0.717, 1.165) is 16.3 Å². The molecule has 1 atom stereocenters. The zero-order chi connectivity index (χ0) is 29.1. The minimum Gasteiger partial charge on any atom is -0.497 e. The lowest BCUT2D eigenvalue weighted by molar-refractivity contribution is -0.139. The van der Waals surface area contributed by atoms with Crippen LogP contribution >= 0.6 is 0 Å². The number of carbonyl (C=O) groups is 2. The van der Waals surface area contributed by atoms with E-state index in [1.165, 1.54) is 17.0 Å². The van der Waals surface area contributed by atoms with Crippen LogP contribution in [0.3, 0.4) is 0 Å². The van der Waals surface area contributed by atoms with Crippen molar-refractivity contribution in [2.75, 3.05) is 31.1 Å². The van der Waals surface area contributed by atoms with Crippen LogP contribution in [-0.4, -0.2) is 58.0 Å². The molecule has 214 valence electrons. The van der Waals surface area contributed by atoms with Gasteiger partial charge in [-0.25, -0.2) is 8.42 Å². The first-order valence-corrected chi connectivity index (χ1v) is 14.7. The summed E-state index contributed by atoms with van der Waals surface area (Å²) in [5.41, 5.74) is 1.07. The molecule has 0 aromatic heterocycles. The second kappa shape index (κ2) is 14.4. The zero-order valence-corrected chi connectivity index (χ0v) is 24.2. The fourth-order valence-corrected chi connectivity index (χ4v) is 5.47. The molecule has 3 rings (SSSR count). The first kappa shape index (κ1) is 30.5. The Morgan fingerprint density at radius 3 is 2.10 bits per heavy atom. The molecule has 0 spiro atoms. The lowest BCUT2D eigenvalue weighted by Gasteiger charge is -2.32. The van der Waals surface area contributed by atoms with E-state index in [-0.39, 0.29) is 17.3 Å². The summed E-state index contributed by atoms with van der Waals surface area (Å²) in [5.74, 6) is 0.397. The molecule has 0 heterocycles. The number of anilines is 1. The van der Waals surface area contributed by atoms with Gasteiger partial charge >= 0.3 is 0 Å². The van der Waals surface area contributed by atoms with Gasteiger partial charge in [-0.3, -0.25) is 13.9 Å². The smallest absolute Gasteiger partial charge is 0.264 e. The van der Waals surface area contributed by atoms with Crippen molar-refractivity contribution in [2.45, 2.75) is 44.7 Å². The molecule has 10 heteroatoms. The van der Waals surface area contributed by atoms with Crippen LogP contribution in [0.2, 0.25) is 0 Å². The second-order valence-corrected chi connectivity index (χ2v) is 11.0. The van der Waals surface area contributed by atoms with Gasteiger partial charge in [-0.15, -0.1) is 0 Å². The van der Waals surface area contributed by atoms with Gasteiger partial charge in [0, 0.05) is 13.1 Å². The van der Waals surface area contributed by atoms with Crippen LogP contribution in [0.25, 0.3) is 0 Å². The fraction of sp³-hybridized carbons (Fsp3) is 0.333. The monoisotopic (exact) mass is 567 g/mol. The highest BCUT2D eigenvalue weighted by atomic mass is 32.2. The van der Waals surface area contributed by atoms with Crippen molar-refractivity contribution in [3.8, 4) is 11.5 Å². The number of hydrogen-bond donors (Lipinski definition) is 1. The van der Waals surface area contributed by atoms with Gasteiger partial charge in [-0.1, -0.05) is 37.3 Å². The van der Waals surface area contributed by atoms with Gasteiger partial charge < -0.3 is 19.7 Å². The van der Waals surface area contributed by atoms with Crippen LogP contribution < -0.4 is 19.1 Å². The van der Waals surface area contributed by atoms with E-state index in [4.69, 9.17) is 9.47 Å².